The predicted octanol–water partition coefficient (Wildman–Crippen LogP) is 3.52. The number of fused-ring (bicyclic) bond motifs is 1. The second-order valence-corrected chi connectivity index (χ2v) is 5.21. The molecule has 0 saturated carbocycles. The van der Waals surface area contributed by atoms with Crippen molar-refractivity contribution in [3.05, 3.63) is 59.2 Å². The number of anilines is 2. The topological polar surface area (TPSA) is 38.0 Å². The van der Waals surface area contributed by atoms with E-state index in [9.17, 15) is 8.78 Å². The molecule has 0 radical (unpaired) electrons. The monoisotopic (exact) mass is 274 g/mol. The van der Waals surface area contributed by atoms with Crippen LogP contribution in [0, 0.1) is 11.6 Å². The molecule has 4 heteroatoms. The molecule has 2 aromatic rings. The summed E-state index contributed by atoms with van der Waals surface area (Å²) in [4.78, 5) is 0. The lowest BCUT2D eigenvalue weighted by Gasteiger charge is -2.26. The van der Waals surface area contributed by atoms with Gasteiger partial charge in [-0.25, -0.2) is 8.78 Å². The highest BCUT2D eigenvalue weighted by molar-refractivity contribution is 5.55. The van der Waals surface area contributed by atoms with Crippen LogP contribution in [0.1, 0.15) is 17.5 Å². The fourth-order valence-corrected chi connectivity index (χ4v) is 2.76. The number of benzene rings is 2. The quantitative estimate of drug-likeness (QED) is 0.822. The maximum atomic E-state index is 13.8. The number of rotatable bonds is 2. The molecular weight excluding hydrogens is 258 g/mol. The van der Waals surface area contributed by atoms with Gasteiger partial charge >= 0.3 is 0 Å². The first-order valence-corrected chi connectivity index (χ1v) is 6.71. The molecular formula is C16H16F2N2. The molecule has 0 spiro atoms. The van der Waals surface area contributed by atoms with Gasteiger partial charge in [-0.05, 0) is 42.5 Å². The van der Waals surface area contributed by atoms with Gasteiger partial charge in [-0.3, -0.25) is 0 Å². The molecule has 20 heavy (non-hydrogen) atoms. The van der Waals surface area contributed by atoms with Crippen molar-refractivity contribution in [1.82, 2.24) is 0 Å². The van der Waals surface area contributed by atoms with E-state index in [1.54, 1.807) is 0 Å². The average molecular weight is 274 g/mol. The highest BCUT2D eigenvalue weighted by Crippen LogP contribution is 2.27. The largest absolute Gasteiger partial charge is 0.399 e. The van der Waals surface area contributed by atoms with Crippen LogP contribution in [0.25, 0.3) is 0 Å². The van der Waals surface area contributed by atoms with Gasteiger partial charge in [-0.2, -0.15) is 0 Å². The smallest absolute Gasteiger partial charge is 0.151 e. The molecule has 0 bridgehead atoms. The summed E-state index contributed by atoms with van der Waals surface area (Å²) in [6.45, 7) is 0. The summed E-state index contributed by atoms with van der Waals surface area (Å²) in [5, 5.41) is 2.98. The third-order valence-corrected chi connectivity index (χ3v) is 3.76. The number of hydrogen-bond acceptors (Lipinski definition) is 2. The summed E-state index contributed by atoms with van der Waals surface area (Å²) in [5.74, 6) is -1.28. The second kappa shape index (κ2) is 5.12. The fourth-order valence-electron chi connectivity index (χ4n) is 2.76. The van der Waals surface area contributed by atoms with Crippen LogP contribution in [-0.2, 0) is 12.8 Å². The summed E-state index contributed by atoms with van der Waals surface area (Å²) in [5.41, 5.74) is 8.00. The first kappa shape index (κ1) is 12.9. The average Bonchev–Trinajstić information content (AvgIpc) is 2.42. The van der Waals surface area contributed by atoms with Gasteiger partial charge in [0.05, 0.1) is 0 Å². The van der Waals surface area contributed by atoms with Crippen molar-refractivity contribution in [3.63, 3.8) is 0 Å². The Morgan fingerprint density at radius 2 is 1.70 bits per heavy atom. The number of halogens is 2. The molecule has 2 nitrogen and oxygen atoms in total. The van der Waals surface area contributed by atoms with Crippen LogP contribution in [0.3, 0.4) is 0 Å². The van der Waals surface area contributed by atoms with Gasteiger partial charge in [0.25, 0.3) is 0 Å². The van der Waals surface area contributed by atoms with Gasteiger partial charge in [0.2, 0.25) is 0 Å². The van der Waals surface area contributed by atoms with E-state index in [1.807, 2.05) is 12.1 Å². The van der Waals surface area contributed by atoms with Crippen LogP contribution in [0.5, 0.6) is 0 Å². The first-order chi connectivity index (χ1) is 9.63. The minimum absolute atomic E-state index is 0.0394. The Bertz CT molecular complexity index is 617. The van der Waals surface area contributed by atoms with Gasteiger partial charge in [-0.1, -0.05) is 24.3 Å². The summed E-state index contributed by atoms with van der Waals surface area (Å²) in [6, 6.07) is 10.5. The molecule has 3 rings (SSSR count). The molecule has 3 N–H and O–H groups in total. The van der Waals surface area contributed by atoms with Gasteiger partial charge in [-0.15, -0.1) is 0 Å². The zero-order chi connectivity index (χ0) is 14.1. The number of hydrogen-bond donors (Lipinski definition) is 2. The molecule has 0 heterocycles. The minimum Gasteiger partial charge on any atom is -0.399 e. The lowest BCUT2D eigenvalue weighted by Crippen LogP contribution is -2.28. The van der Waals surface area contributed by atoms with Crippen LogP contribution in [-0.4, -0.2) is 6.04 Å². The summed E-state index contributed by atoms with van der Waals surface area (Å²) in [7, 11) is 0. The van der Waals surface area contributed by atoms with Gasteiger partial charge in [0, 0.05) is 11.7 Å². The number of nitrogen functional groups attached to an aromatic ring is 1. The van der Waals surface area contributed by atoms with Crippen LogP contribution in [0.4, 0.5) is 20.2 Å². The zero-order valence-corrected chi connectivity index (χ0v) is 11.0. The van der Waals surface area contributed by atoms with Crippen LogP contribution >= 0.6 is 0 Å². The van der Waals surface area contributed by atoms with Gasteiger partial charge in [0.1, 0.15) is 5.69 Å². The summed E-state index contributed by atoms with van der Waals surface area (Å²) >= 11 is 0. The van der Waals surface area contributed by atoms with E-state index in [4.69, 9.17) is 5.73 Å². The van der Waals surface area contributed by atoms with E-state index in [1.165, 1.54) is 11.1 Å². The summed E-state index contributed by atoms with van der Waals surface area (Å²) < 4.78 is 27.6. The highest BCUT2D eigenvalue weighted by Gasteiger charge is 2.20. The third-order valence-electron chi connectivity index (χ3n) is 3.76. The van der Waals surface area contributed by atoms with Crippen molar-refractivity contribution in [2.45, 2.75) is 25.3 Å². The Balaban J connectivity index is 1.80. The zero-order valence-electron chi connectivity index (χ0n) is 11.0. The molecule has 0 aliphatic heterocycles. The molecule has 1 atom stereocenters. The van der Waals surface area contributed by atoms with Gasteiger partial charge < -0.3 is 11.1 Å². The fraction of sp³-hybridized carbons (Fsp3) is 0.250. The Hall–Kier alpha value is -2.10. The van der Waals surface area contributed by atoms with Crippen molar-refractivity contribution in [2.24, 2.45) is 0 Å². The van der Waals surface area contributed by atoms with E-state index in [0.717, 1.165) is 31.4 Å². The standard InChI is InChI=1S/C16H16F2N2/c17-14-8-12(19)9-15(18)16(14)20-13-6-5-10-3-1-2-4-11(10)7-13/h1-4,8-9,13,20H,5-7,19H2. The van der Waals surface area contributed by atoms with Crippen molar-refractivity contribution < 1.29 is 8.78 Å². The van der Waals surface area contributed by atoms with E-state index in [0.29, 0.717) is 0 Å². The normalized spacial score (nSPS) is 17.6. The number of nitrogens with two attached hydrogens (primary N) is 1. The molecule has 104 valence electrons. The number of nitrogens with one attached hydrogen (secondary N) is 1. The molecule has 1 aliphatic carbocycles. The maximum Gasteiger partial charge on any atom is 0.151 e. The Morgan fingerprint density at radius 1 is 1.05 bits per heavy atom. The van der Waals surface area contributed by atoms with E-state index >= 15 is 0 Å². The van der Waals surface area contributed by atoms with Crippen molar-refractivity contribution >= 4 is 11.4 Å². The third kappa shape index (κ3) is 2.46. The molecule has 0 amide bonds. The van der Waals surface area contributed by atoms with Crippen LogP contribution in [0.2, 0.25) is 0 Å². The van der Waals surface area contributed by atoms with Crippen molar-refractivity contribution in [2.75, 3.05) is 11.1 Å². The molecule has 1 unspecified atom stereocenters. The Labute approximate surface area is 116 Å². The first-order valence-electron chi connectivity index (χ1n) is 6.71. The highest BCUT2D eigenvalue weighted by atomic mass is 19.1. The molecule has 1 aliphatic rings. The molecule has 0 saturated heterocycles. The predicted molar refractivity (Wildman–Crippen MR) is 76.6 cm³/mol. The second-order valence-electron chi connectivity index (χ2n) is 5.21. The lowest BCUT2D eigenvalue weighted by atomic mass is 9.88. The molecule has 0 fully saturated rings. The van der Waals surface area contributed by atoms with Crippen LogP contribution < -0.4 is 11.1 Å². The Morgan fingerprint density at radius 3 is 2.40 bits per heavy atom. The van der Waals surface area contributed by atoms with Crippen LogP contribution in [0.15, 0.2) is 36.4 Å². The number of aryl methyl sites for hydroxylation is 1. The summed E-state index contributed by atoms with van der Waals surface area (Å²) in [6.07, 6.45) is 2.56. The molecule has 0 aromatic heterocycles. The minimum atomic E-state index is -0.638. The maximum absolute atomic E-state index is 13.8. The van der Waals surface area contributed by atoms with E-state index in [-0.39, 0.29) is 17.4 Å². The van der Waals surface area contributed by atoms with Gasteiger partial charge in [0.15, 0.2) is 11.6 Å². The van der Waals surface area contributed by atoms with Crippen molar-refractivity contribution in [1.29, 1.82) is 0 Å². The molecule has 2 aromatic carbocycles. The van der Waals surface area contributed by atoms with E-state index < -0.39 is 11.6 Å². The SMILES string of the molecule is Nc1cc(F)c(NC2CCc3ccccc3C2)c(F)c1. The van der Waals surface area contributed by atoms with E-state index in [2.05, 4.69) is 17.4 Å². The van der Waals surface area contributed by atoms with Crippen molar-refractivity contribution in [3.8, 4) is 0 Å². The lowest BCUT2D eigenvalue weighted by molar-refractivity contribution is 0.564. The Kier molecular flexibility index (Phi) is 3.30.